The molecule has 0 saturated carbocycles. The molecule has 34 heavy (non-hydrogen) atoms. The number of hydrogen-bond donors (Lipinski definition) is 2. The van der Waals surface area contributed by atoms with E-state index < -0.39 is 47.2 Å². The Balaban J connectivity index is 2.17. The summed E-state index contributed by atoms with van der Waals surface area (Å²) < 4.78 is 84.3. The lowest BCUT2D eigenvalue weighted by molar-refractivity contribution is -0.152. The molecule has 0 radical (unpaired) electrons. The molecule has 0 amide bonds. The highest BCUT2D eigenvalue weighted by molar-refractivity contribution is 7.80. The van der Waals surface area contributed by atoms with E-state index in [0.717, 1.165) is 11.6 Å². The predicted octanol–water partition coefficient (Wildman–Crippen LogP) is 5.25. The maximum atomic E-state index is 13.4. The normalized spacial score (nSPS) is 12.4. The maximum Gasteiger partial charge on any atom is 0.416 e. The van der Waals surface area contributed by atoms with Gasteiger partial charge in [0.2, 0.25) is 0 Å². The van der Waals surface area contributed by atoms with Gasteiger partial charge in [-0.1, -0.05) is 18.2 Å². The van der Waals surface area contributed by atoms with Crippen molar-refractivity contribution < 1.29 is 41.0 Å². The van der Waals surface area contributed by atoms with Crippen molar-refractivity contribution in [3.63, 3.8) is 0 Å². The first-order chi connectivity index (χ1) is 15.5. The highest BCUT2D eigenvalue weighted by Gasteiger charge is 2.38. The number of thiocarbonyl (C=S) groups is 1. The topological polar surface area (TPSA) is 75.8 Å². The number of carbonyl (C=O) groups is 1. The first-order valence-electron chi connectivity index (χ1n) is 9.84. The number of carboxylic acids is 1. The molecule has 2 aromatic rings. The van der Waals surface area contributed by atoms with Gasteiger partial charge in [-0.2, -0.15) is 26.3 Å². The van der Waals surface area contributed by atoms with Crippen LogP contribution in [0.1, 0.15) is 36.1 Å². The van der Waals surface area contributed by atoms with Gasteiger partial charge in [-0.3, -0.25) is 0 Å². The minimum absolute atomic E-state index is 0.0738. The smallest absolute Gasteiger partial charge is 0.416 e. The number of carboxylic acid groups (broad SMARTS) is 1. The molecule has 0 aliphatic rings. The first kappa shape index (κ1) is 27.2. The third-order valence-corrected chi connectivity index (χ3v) is 5.16. The highest BCUT2D eigenvalue weighted by Crippen LogP contribution is 2.37. The second-order valence-corrected chi connectivity index (χ2v) is 8.36. The van der Waals surface area contributed by atoms with Crippen molar-refractivity contribution in [2.45, 2.75) is 44.8 Å². The SMILES string of the molecule is CC(C)(Oc1ccc(CCN(Cc2ccc(C(F)(F)F)cc2C(F)(F)F)C(N)=S)cc1)C(=O)O. The van der Waals surface area contributed by atoms with Crippen molar-refractivity contribution in [2.24, 2.45) is 5.73 Å². The molecule has 3 N–H and O–H groups in total. The van der Waals surface area contributed by atoms with E-state index in [2.05, 4.69) is 0 Å². The third-order valence-electron chi connectivity index (χ3n) is 4.90. The van der Waals surface area contributed by atoms with Gasteiger partial charge in [-0.25, -0.2) is 4.79 Å². The Labute approximate surface area is 197 Å². The monoisotopic (exact) mass is 508 g/mol. The maximum absolute atomic E-state index is 13.4. The Morgan fingerprint density at radius 1 is 1.03 bits per heavy atom. The number of nitrogens with two attached hydrogens (primary N) is 1. The molecule has 0 fully saturated rings. The summed E-state index contributed by atoms with van der Waals surface area (Å²) in [5.74, 6) is -0.841. The summed E-state index contributed by atoms with van der Waals surface area (Å²) in [5.41, 5.74) is 1.72. The molecule has 0 atom stereocenters. The zero-order valence-corrected chi connectivity index (χ0v) is 18.9. The van der Waals surface area contributed by atoms with Crippen LogP contribution in [0, 0.1) is 0 Å². The van der Waals surface area contributed by atoms with E-state index in [-0.39, 0.29) is 17.7 Å². The van der Waals surface area contributed by atoms with Crippen LogP contribution in [0.4, 0.5) is 26.3 Å². The summed E-state index contributed by atoms with van der Waals surface area (Å²) in [6.07, 6.45) is -9.63. The van der Waals surface area contributed by atoms with Gasteiger partial charge in [0.15, 0.2) is 10.7 Å². The van der Waals surface area contributed by atoms with Gasteiger partial charge in [0.25, 0.3) is 0 Å². The van der Waals surface area contributed by atoms with Crippen LogP contribution in [0.3, 0.4) is 0 Å². The van der Waals surface area contributed by atoms with E-state index in [4.69, 9.17) is 27.8 Å². The van der Waals surface area contributed by atoms with Crippen LogP contribution in [-0.2, 0) is 30.1 Å². The Morgan fingerprint density at radius 3 is 2.09 bits per heavy atom. The van der Waals surface area contributed by atoms with Gasteiger partial charge in [0.1, 0.15) is 5.75 Å². The molecule has 0 unspecified atom stereocenters. The first-order valence-corrected chi connectivity index (χ1v) is 10.2. The van der Waals surface area contributed by atoms with Gasteiger partial charge >= 0.3 is 18.3 Å². The van der Waals surface area contributed by atoms with E-state index >= 15 is 0 Å². The fraction of sp³-hybridized carbons (Fsp3) is 0.364. The number of benzene rings is 2. The lowest BCUT2D eigenvalue weighted by Gasteiger charge is -2.25. The third kappa shape index (κ3) is 7.24. The van der Waals surface area contributed by atoms with Crippen LogP contribution < -0.4 is 10.5 Å². The second kappa shape index (κ2) is 10.1. The Morgan fingerprint density at radius 2 is 1.62 bits per heavy atom. The summed E-state index contributed by atoms with van der Waals surface area (Å²) >= 11 is 4.92. The van der Waals surface area contributed by atoms with Crippen molar-refractivity contribution in [3.8, 4) is 5.75 Å². The number of ether oxygens (including phenoxy) is 1. The number of nitrogens with zero attached hydrogens (tertiary/aromatic N) is 1. The largest absolute Gasteiger partial charge is 0.478 e. The van der Waals surface area contributed by atoms with Gasteiger partial charge in [-0.15, -0.1) is 0 Å². The van der Waals surface area contributed by atoms with E-state index in [1.54, 1.807) is 24.3 Å². The lowest BCUT2D eigenvalue weighted by Crippen LogP contribution is -2.37. The molecule has 0 aliphatic carbocycles. The highest BCUT2D eigenvalue weighted by atomic mass is 32.1. The summed E-state index contributed by atoms with van der Waals surface area (Å²) in [6.45, 7) is 2.43. The quantitative estimate of drug-likeness (QED) is 0.375. The van der Waals surface area contributed by atoms with E-state index in [1.165, 1.54) is 18.7 Å². The van der Waals surface area contributed by atoms with E-state index in [0.29, 0.717) is 18.2 Å². The van der Waals surface area contributed by atoms with Gasteiger partial charge in [-0.05, 0) is 67.9 Å². The Bertz CT molecular complexity index is 1040. The minimum Gasteiger partial charge on any atom is -0.478 e. The number of rotatable bonds is 8. The number of hydrogen-bond acceptors (Lipinski definition) is 3. The zero-order valence-electron chi connectivity index (χ0n) is 18.1. The molecule has 0 saturated heterocycles. The van der Waals surface area contributed by atoms with Crippen molar-refractivity contribution in [1.82, 2.24) is 4.90 Å². The van der Waals surface area contributed by atoms with Crippen LogP contribution in [0.2, 0.25) is 0 Å². The molecule has 2 rings (SSSR count). The van der Waals surface area contributed by atoms with Crippen LogP contribution in [-0.4, -0.2) is 33.2 Å². The average molecular weight is 508 g/mol. The standard InChI is InChI=1S/C22H22F6N2O3S/c1-20(2,18(31)32)33-16-7-3-13(4-8-16)9-10-30(19(29)34)12-14-5-6-15(21(23,24)25)11-17(14)22(26,27)28/h3-8,11H,9-10,12H2,1-2H3,(H2,29,34)(H,31,32). The van der Waals surface area contributed by atoms with Crippen LogP contribution in [0.15, 0.2) is 42.5 Å². The second-order valence-electron chi connectivity index (χ2n) is 7.94. The molecule has 0 spiro atoms. The van der Waals surface area contributed by atoms with Crippen molar-refractivity contribution in [3.05, 3.63) is 64.7 Å². The summed E-state index contributed by atoms with van der Waals surface area (Å²) in [7, 11) is 0. The van der Waals surface area contributed by atoms with Crippen molar-refractivity contribution in [2.75, 3.05) is 6.54 Å². The van der Waals surface area contributed by atoms with Crippen LogP contribution in [0.25, 0.3) is 0 Å². The molecular formula is C22H22F6N2O3S. The summed E-state index contributed by atoms with van der Waals surface area (Å²) in [5, 5.41) is 8.91. The molecule has 186 valence electrons. The fourth-order valence-electron chi connectivity index (χ4n) is 2.95. The molecule has 0 aliphatic heterocycles. The molecule has 12 heteroatoms. The van der Waals surface area contributed by atoms with E-state index in [9.17, 15) is 31.1 Å². The molecule has 0 aromatic heterocycles. The Hall–Kier alpha value is -3.02. The fourth-order valence-corrected chi connectivity index (χ4v) is 3.11. The Kier molecular flexibility index (Phi) is 8.07. The zero-order chi connectivity index (χ0) is 25.9. The molecule has 0 heterocycles. The van der Waals surface area contributed by atoms with Crippen molar-refractivity contribution in [1.29, 1.82) is 0 Å². The number of alkyl halides is 6. The van der Waals surface area contributed by atoms with Gasteiger partial charge in [0, 0.05) is 13.1 Å². The number of aliphatic carboxylic acids is 1. The van der Waals surface area contributed by atoms with Gasteiger partial charge < -0.3 is 20.5 Å². The van der Waals surface area contributed by atoms with Crippen LogP contribution >= 0.6 is 12.2 Å². The summed E-state index contributed by atoms with van der Waals surface area (Å²) in [4.78, 5) is 12.4. The van der Waals surface area contributed by atoms with Gasteiger partial charge in [0.05, 0.1) is 11.1 Å². The summed E-state index contributed by atoms with van der Waals surface area (Å²) in [6, 6.07) is 7.80. The predicted molar refractivity (Wildman–Crippen MR) is 116 cm³/mol. The molecule has 2 aromatic carbocycles. The average Bonchev–Trinajstić information content (AvgIpc) is 2.70. The van der Waals surface area contributed by atoms with Crippen molar-refractivity contribution >= 4 is 23.3 Å². The molecule has 5 nitrogen and oxygen atoms in total. The van der Waals surface area contributed by atoms with E-state index in [1.807, 2.05) is 0 Å². The minimum atomic E-state index is -5.00. The lowest BCUT2D eigenvalue weighted by atomic mass is 10.0. The molecular weight excluding hydrogens is 486 g/mol. The number of halogens is 6. The molecule has 0 bridgehead atoms. The van der Waals surface area contributed by atoms with Crippen LogP contribution in [0.5, 0.6) is 5.75 Å².